The highest BCUT2D eigenvalue weighted by Gasteiger charge is 2.46. The zero-order chi connectivity index (χ0) is 50.3. The summed E-state index contributed by atoms with van der Waals surface area (Å²) in [6, 6.07) is 58.7. The predicted octanol–water partition coefficient (Wildman–Crippen LogP) is 16.7. The van der Waals surface area contributed by atoms with Crippen molar-refractivity contribution in [1.82, 2.24) is 0 Å². The highest BCUT2D eigenvalue weighted by atomic mass is 15.2. The summed E-state index contributed by atoms with van der Waals surface area (Å²) in [6.07, 6.45) is 0. The van der Waals surface area contributed by atoms with E-state index in [1.807, 2.05) is 0 Å². The zero-order valence-electron chi connectivity index (χ0n) is 44.9. The zero-order valence-corrected chi connectivity index (χ0v) is 44.9. The first-order valence-corrected chi connectivity index (χ1v) is 25.9. The lowest BCUT2D eigenvalue weighted by atomic mass is 9.33. The second-order valence-corrected chi connectivity index (χ2v) is 24.6. The molecule has 8 aromatic rings. The molecular weight excluding hydrogens is 858 g/mol. The van der Waals surface area contributed by atoms with Crippen LogP contribution in [0, 0.1) is 27.7 Å². The Morgan fingerprint density at radius 3 is 1.65 bits per heavy atom. The molecule has 3 nitrogen and oxygen atoms in total. The van der Waals surface area contributed by atoms with E-state index >= 15 is 0 Å². The first-order valence-electron chi connectivity index (χ1n) is 25.9. The average Bonchev–Trinajstić information content (AvgIpc) is 3.54. The molecule has 0 radical (unpaired) electrons. The van der Waals surface area contributed by atoms with Gasteiger partial charge in [0.15, 0.2) is 0 Å². The standard InChI is InChI=1S/C67H70BN3/c1-41-33-60-62-61(34-41)71(63-43(3)35-47(36-44(63)4)66(11,12)13)58-38-46(65(8,9)10)27-32-55(58)68(62)56-37-42(2)57(69(48-21-17-16-18-22-48)49-28-25-45(26-29-49)64(5,6)7)40-59(56)70(60)50-30-31-52-51-23-19-20-24-53(51)67(14,15)54(52)39-50/h16-40H,1-15H3. The highest BCUT2D eigenvalue weighted by molar-refractivity contribution is 7.00. The van der Waals surface area contributed by atoms with E-state index in [1.165, 1.54) is 117 Å². The van der Waals surface area contributed by atoms with Crippen LogP contribution in [0.2, 0.25) is 0 Å². The summed E-state index contributed by atoms with van der Waals surface area (Å²) in [5.74, 6) is 0. The van der Waals surface area contributed by atoms with Gasteiger partial charge in [-0.25, -0.2) is 0 Å². The molecule has 0 amide bonds. The van der Waals surface area contributed by atoms with Crippen molar-refractivity contribution in [3.05, 3.63) is 202 Å². The minimum Gasteiger partial charge on any atom is -0.311 e. The minimum atomic E-state index is -0.161. The number of anilines is 9. The first-order chi connectivity index (χ1) is 33.5. The third kappa shape index (κ3) is 7.46. The molecule has 0 saturated heterocycles. The molecule has 2 aliphatic heterocycles. The molecule has 0 unspecified atom stereocenters. The lowest BCUT2D eigenvalue weighted by Crippen LogP contribution is -2.61. The number of benzene rings is 8. The Morgan fingerprint density at radius 2 is 1.00 bits per heavy atom. The largest absolute Gasteiger partial charge is 0.311 e. The Kier molecular flexibility index (Phi) is 10.6. The van der Waals surface area contributed by atoms with Gasteiger partial charge in [-0.2, -0.15) is 0 Å². The Labute approximate surface area is 425 Å². The number of hydrogen-bond acceptors (Lipinski definition) is 3. The number of para-hydroxylation sites is 1. The van der Waals surface area contributed by atoms with Gasteiger partial charge in [-0.05, 0) is 182 Å². The molecule has 4 heteroatoms. The molecule has 71 heavy (non-hydrogen) atoms. The Morgan fingerprint density at radius 1 is 0.437 bits per heavy atom. The third-order valence-electron chi connectivity index (χ3n) is 16.0. The molecule has 8 aromatic carbocycles. The van der Waals surface area contributed by atoms with Gasteiger partial charge in [0.25, 0.3) is 6.71 Å². The summed E-state index contributed by atoms with van der Waals surface area (Å²) < 4.78 is 0. The van der Waals surface area contributed by atoms with E-state index in [9.17, 15) is 0 Å². The number of hydrogen-bond donors (Lipinski definition) is 0. The van der Waals surface area contributed by atoms with Crippen LogP contribution < -0.4 is 31.1 Å². The van der Waals surface area contributed by atoms with Gasteiger partial charge in [0.1, 0.15) is 0 Å². The molecular formula is C67H70BN3. The number of aryl methyl sites for hydroxylation is 4. The van der Waals surface area contributed by atoms with Crippen molar-refractivity contribution in [2.75, 3.05) is 14.7 Å². The van der Waals surface area contributed by atoms with E-state index in [1.54, 1.807) is 0 Å². The molecule has 0 bridgehead atoms. The van der Waals surface area contributed by atoms with Gasteiger partial charge in [0.2, 0.25) is 0 Å². The maximum atomic E-state index is 2.65. The van der Waals surface area contributed by atoms with Crippen molar-refractivity contribution in [2.24, 2.45) is 0 Å². The summed E-state index contributed by atoms with van der Waals surface area (Å²) in [4.78, 5) is 7.75. The van der Waals surface area contributed by atoms with Gasteiger partial charge in [0, 0.05) is 45.2 Å². The van der Waals surface area contributed by atoms with E-state index < -0.39 is 0 Å². The van der Waals surface area contributed by atoms with Gasteiger partial charge >= 0.3 is 0 Å². The quantitative estimate of drug-likeness (QED) is 0.159. The second kappa shape index (κ2) is 16.1. The van der Waals surface area contributed by atoms with E-state index in [0.29, 0.717) is 0 Å². The minimum absolute atomic E-state index is 0.0132. The van der Waals surface area contributed by atoms with Crippen molar-refractivity contribution in [1.29, 1.82) is 0 Å². The maximum Gasteiger partial charge on any atom is 0.252 e. The third-order valence-corrected chi connectivity index (χ3v) is 16.0. The van der Waals surface area contributed by atoms with Crippen molar-refractivity contribution < 1.29 is 0 Å². The van der Waals surface area contributed by atoms with E-state index in [4.69, 9.17) is 0 Å². The highest BCUT2D eigenvalue weighted by Crippen LogP contribution is 2.53. The van der Waals surface area contributed by atoms with Crippen molar-refractivity contribution in [3.63, 3.8) is 0 Å². The first kappa shape index (κ1) is 46.6. The smallest absolute Gasteiger partial charge is 0.252 e. The molecule has 0 spiro atoms. The predicted molar refractivity (Wildman–Crippen MR) is 308 cm³/mol. The summed E-state index contributed by atoms with van der Waals surface area (Å²) in [5, 5.41) is 0. The van der Waals surface area contributed by atoms with Crippen LogP contribution in [0.15, 0.2) is 152 Å². The topological polar surface area (TPSA) is 9.72 Å². The van der Waals surface area contributed by atoms with Crippen LogP contribution in [0.4, 0.5) is 51.2 Å². The molecule has 356 valence electrons. The summed E-state index contributed by atoms with van der Waals surface area (Å²) >= 11 is 0. The van der Waals surface area contributed by atoms with Crippen molar-refractivity contribution in [3.8, 4) is 11.1 Å². The molecule has 0 saturated carbocycles. The SMILES string of the molecule is Cc1cc2c3c(c1)N(c1c(C)cc(C(C)(C)C)cc1C)c1cc(C(C)(C)C)ccc1B3c1cc(C)c(N(c3ccccc3)c3ccc(C(C)(C)C)cc3)cc1N2c1ccc2c(c1)C(C)(C)c1ccccc1-2. The van der Waals surface area contributed by atoms with Gasteiger partial charge < -0.3 is 14.7 Å². The molecule has 0 aromatic heterocycles. The molecule has 1 aliphatic carbocycles. The van der Waals surface area contributed by atoms with Crippen LogP contribution in [0.25, 0.3) is 11.1 Å². The van der Waals surface area contributed by atoms with Gasteiger partial charge in [-0.1, -0.05) is 167 Å². The van der Waals surface area contributed by atoms with Crippen LogP contribution in [0.1, 0.15) is 126 Å². The van der Waals surface area contributed by atoms with Crippen molar-refractivity contribution >= 4 is 74.3 Å². The molecule has 11 rings (SSSR count). The van der Waals surface area contributed by atoms with Crippen LogP contribution in [0.3, 0.4) is 0 Å². The molecule has 0 atom stereocenters. The van der Waals surface area contributed by atoms with Crippen molar-refractivity contribution in [2.45, 2.75) is 126 Å². The van der Waals surface area contributed by atoms with Crippen LogP contribution in [-0.2, 0) is 21.7 Å². The summed E-state index contributed by atoms with van der Waals surface area (Å²) in [6.45, 7) is 34.9. The van der Waals surface area contributed by atoms with Crippen LogP contribution in [-0.4, -0.2) is 6.71 Å². The lowest BCUT2D eigenvalue weighted by molar-refractivity contribution is 0.589. The molecule has 3 aliphatic rings. The lowest BCUT2D eigenvalue weighted by Gasteiger charge is -2.46. The Bertz CT molecular complexity index is 3420. The summed E-state index contributed by atoms with van der Waals surface area (Å²) in [5.41, 5.74) is 29.2. The van der Waals surface area contributed by atoms with E-state index in [-0.39, 0.29) is 28.4 Å². The van der Waals surface area contributed by atoms with Gasteiger partial charge in [-0.15, -0.1) is 0 Å². The Balaban J connectivity index is 1.22. The van der Waals surface area contributed by atoms with Gasteiger partial charge in [0.05, 0.1) is 11.4 Å². The molecule has 0 N–H and O–H groups in total. The second-order valence-electron chi connectivity index (χ2n) is 24.6. The van der Waals surface area contributed by atoms with E-state index in [2.05, 4.69) is 270 Å². The van der Waals surface area contributed by atoms with Crippen LogP contribution in [0.5, 0.6) is 0 Å². The monoisotopic (exact) mass is 928 g/mol. The van der Waals surface area contributed by atoms with E-state index in [0.717, 1.165) is 11.4 Å². The maximum absolute atomic E-state index is 2.65. The van der Waals surface area contributed by atoms with Crippen LogP contribution >= 0.6 is 0 Å². The number of nitrogens with zero attached hydrogens (tertiary/aromatic N) is 3. The number of rotatable bonds is 5. The molecule has 2 heterocycles. The average molecular weight is 928 g/mol. The Hall–Kier alpha value is -6.78. The normalized spacial score (nSPS) is 14.4. The molecule has 0 fully saturated rings. The summed E-state index contributed by atoms with van der Waals surface area (Å²) in [7, 11) is 0. The fraction of sp³-hybridized carbons (Fsp3) is 0.284. The van der Waals surface area contributed by atoms with Gasteiger partial charge in [-0.3, -0.25) is 0 Å². The fourth-order valence-electron chi connectivity index (χ4n) is 12.2. The number of fused-ring (bicyclic) bond motifs is 7. The fourth-order valence-corrected chi connectivity index (χ4v) is 12.2.